The number of ether oxygens (including phenoxy) is 1. The summed E-state index contributed by atoms with van der Waals surface area (Å²) in [5.41, 5.74) is -1.44. The Bertz CT molecular complexity index is 936. The zero-order valence-corrected chi connectivity index (χ0v) is 14.6. The molecule has 1 aromatic heterocycles. The van der Waals surface area contributed by atoms with E-state index in [1.165, 1.54) is 6.20 Å². The maximum Gasteiger partial charge on any atom is 0.330 e. The number of aromatic nitrogens is 2. The zero-order valence-electron chi connectivity index (χ0n) is 14.6. The van der Waals surface area contributed by atoms with Gasteiger partial charge < -0.3 is 25.4 Å². The van der Waals surface area contributed by atoms with E-state index in [-0.39, 0.29) is 24.9 Å². The van der Waals surface area contributed by atoms with Gasteiger partial charge in [0.25, 0.3) is 5.56 Å². The van der Waals surface area contributed by atoms with Crippen LogP contribution in [0.4, 0.5) is 0 Å². The van der Waals surface area contributed by atoms with Gasteiger partial charge in [-0.05, 0) is 0 Å². The Morgan fingerprint density at radius 3 is 2.79 bits per heavy atom. The molecular weight excluding hydrogens is 374 g/mol. The number of nitrogens with one attached hydrogen (secondary N) is 2. The molecule has 1 saturated heterocycles. The van der Waals surface area contributed by atoms with Crippen LogP contribution in [-0.2, 0) is 14.3 Å². The fourth-order valence-corrected chi connectivity index (χ4v) is 2.45. The molecule has 1 fully saturated rings. The standard InChI is InChI=1S/C17H19N3O8/c21-9-12-11(22)7-14(28-12)20-8-10(16(26)19-17(20)27)3-1-2-6-18-13(23)4-5-15(24)25/h4-5,8,11-12,14,21-22H,2,6-7,9H2,(H,18,23)(H,24,25)(H,19,26,27)/b5-4+/t11-,12+,14+/m0/s1. The van der Waals surface area contributed by atoms with Crippen LogP contribution in [0, 0.1) is 11.8 Å². The van der Waals surface area contributed by atoms with E-state index < -0.39 is 48.2 Å². The van der Waals surface area contributed by atoms with Crippen LogP contribution in [-0.4, -0.2) is 62.1 Å². The molecule has 0 aromatic carbocycles. The first-order valence-electron chi connectivity index (χ1n) is 8.29. The first-order valence-corrected chi connectivity index (χ1v) is 8.29. The lowest BCUT2D eigenvalue weighted by Gasteiger charge is -2.14. The number of carboxylic acids is 1. The number of amides is 1. The van der Waals surface area contributed by atoms with E-state index in [1.54, 1.807) is 0 Å². The molecule has 28 heavy (non-hydrogen) atoms. The third kappa shape index (κ3) is 5.65. The van der Waals surface area contributed by atoms with Crippen molar-refractivity contribution in [3.8, 4) is 11.8 Å². The summed E-state index contributed by atoms with van der Waals surface area (Å²) in [6.07, 6.45) is 0.409. The molecule has 0 radical (unpaired) electrons. The van der Waals surface area contributed by atoms with Gasteiger partial charge in [0.2, 0.25) is 5.91 Å². The number of aliphatic hydroxyl groups is 2. The van der Waals surface area contributed by atoms with Gasteiger partial charge in [-0.25, -0.2) is 9.59 Å². The Kier molecular flexibility index (Phi) is 7.28. The van der Waals surface area contributed by atoms with E-state index >= 15 is 0 Å². The maximum absolute atomic E-state index is 12.0. The molecule has 0 bridgehead atoms. The summed E-state index contributed by atoms with van der Waals surface area (Å²) in [5.74, 6) is 3.40. The van der Waals surface area contributed by atoms with Gasteiger partial charge in [0.05, 0.1) is 12.7 Å². The minimum atomic E-state index is -1.24. The van der Waals surface area contributed by atoms with Gasteiger partial charge in [0, 0.05) is 37.7 Å². The molecule has 0 aliphatic carbocycles. The maximum atomic E-state index is 12.0. The summed E-state index contributed by atoms with van der Waals surface area (Å²) in [5, 5.41) is 29.7. The molecule has 1 aliphatic heterocycles. The second-order valence-electron chi connectivity index (χ2n) is 5.84. The number of aliphatic hydroxyl groups excluding tert-OH is 2. The Labute approximate surface area is 158 Å². The van der Waals surface area contributed by atoms with Crippen molar-refractivity contribution in [3.05, 3.63) is 44.8 Å². The van der Waals surface area contributed by atoms with Crippen LogP contribution in [0.25, 0.3) is 0 Å². The van der Waals surface area contributed by atoms with Crippen LogP contribution < -0.4 is 16.6 Å². The molecule has 150 valence electrons. The van der Waals surface area contributed by atoms with Gasteiger partial charge in [-0.15, -0.1) is 0 Å². The van der Waals surface area contributed by atoms with Crippen molar-refractivity contribution < 1.29 is 29.6 Å². The lowest BCUT2D eigenvalue weighted by molar-refractivity contribution is -0.131. The molecule has 1 aliphatic rings. The summed E-state index contributed by atoms with van der Waals surface area (Å²) in [6.45, 7) is -0.279. The zero-order chi connectivity index (χ0) is 20.7. The Morgan fingerprint density at radius 1 is 1.39 bits per heavy atom. The Morgan fingerprint density at radius 2 is 2.14 bits per heavy atom. The first-order chi connectivity index (χ1) is 13.3. The lowest BCUT2D eigenvalue weighted by atomic mass is 10.2. The largest absolute Gasteiger partial charge is 0.478 e. The predicted octanol–water partition coefficient (Wildman–Crippen LogP) is -2.32. The third-order valence-corrected chi connectivity index (χ3v) is 3.81. The highest BCUT2D eigenvalue weighted by atomic mass is 16.5. The average Bonchev–Trinajstić information content (AvgIpc) is 3.01. The molecule has 0 spiro atoms. The van der Waals surface area contributed by atoms with Crippen molar-refractivity contribution >= 4 is 11.9 Å². The number of carboxylic acid groups (broad SMARTS) is 1. The number of aromatic amines is 1. The minimum absolute atomic E-state index is 0.0118. The van der Waals surface area contributed by atoms with E-state index in [1.807, 2.05) is 0 Å². The van der Waals surface area contributed by atoms with Crippen molar-refractivity contribution in [3.63, 3.8) is 0 Å². The molecule has 5 N–H and O–H groups in total. The van der Waals surface area contributed by atoms with Crippen molar-refractivity contribution in [2.45, 2.75) is 31.3 Å². The molecule has 3 atom stereocenters. The number of aliphatic carboxylic acids is 1. The first kappa shape index (κ1) is 21.1. The second-order valence-corrected chi connectivity index (χ2v) is 5.84. The van der Waals surface area contributed by atoms with Crippen molar-refractivity contribution in [1.29, 1.82) is 0 Å². The fourth-order valence-electron chi connectivity index (χ4n) is 2.45. The van der Waals surface area contributed by atoms with Crippen LogP contribution in [0.2, 0.25) is 0 Å². The molecular formula is C17H19N3O8. The highest BCUT2D eigenvalue weighted by Crippen LogP contribution is 2.27. The summed E-state index contributed by atoms with van der Waals surface area (Å²) < 4.78 is 6.48. The highest BCUT2D eigenvalue weighted by Gasteiger charge is 2.35. The lowest BCUT2D eigenvalue weighted by Crippen LogP contribution is -2.33. The minimum Gasteiger partial charge on any atom is -0.478 e. The fraction of sp³-hybridized carbons (Fsp3) is 0.412. The topological polar surface area (TPSA) is 171 Å². The summed E-state index contributed by atoms with van der Waals surface area (Å²) in [4.78, 5) is 47.5. The van der Waals surface area contributed by atoms with Gasteiger partial charge in [0.15, 0.2) is 0 Å². The Hall–Kier alpha value is -3.20. The van der Waals surface area contributed by atoms with Gasteiger partial charge in [-0.3, -0.25) is 19.1 Å². The van der Waals surface area contributed by atoms with Gasteiger partial charge in [-0.1, -0.05) is 11.8 Å². The monoisotopic (exact) mass is 393 g/mol. The van der Waals surface area contributed by atoms with Crippen LogP contribution in [0.5, 0.6) is 0 Å². The number of carbonyl (C=O) groups excluding carboxylic acids is 1. The molecule has 1 aromatic rings. The molecule has 2 rings (SSSR count). The summed E-state index contributed by atoms with van der Waals surface area (Å²) in [6, 6.07) is 0. The summed E-state index contributed by atoms with van der Waals surface area (Å²) in [7, 11) is 0. The number of hydrogen-bond donors (Lipinski definition) is 5. The van der Waals surface area contributed by atoms with E-state index in [2.05, 4.69) is 22.1 Å². The normalized spacial score (nSPS) is 21.3. The SMILES string of the molecule is O=C(O)/C=C/C(=O)NCCC#Cc1cn([C@H]2C[C@H](O)[C@@H](CO)O2)c(=O)[nH]c1=O. The predicted molar refractivity (Wildman–Crippen MR) is 94.2 cm³/mol. The molecule has 1 amide bonds. The van der Waals surface area contributed by atoms with Crippen LogP contribution in [0.1, 0.15) is 24.6 Å². The number of hydrogen-bond acceptors (Lipinski definition) is 7. The van der Waals surface area contributed by atoms with Crippen LogP contribution in [0.15, 0.2) is 27.9 Å². The Balaban J connectivity index is 2.03. The van der Waals surface area contributed by atoms with Crippen LogP contribution in [0.3, 0.4) is 0 Å². The quantitative estimate of drug-likeness (QED) is 0.204. The van der Waals surface area contributed by atoms with Crippen molar-refractivity contribution in [2.75, 3.05) is 13.2 Å². The molecule has 0 unspecified atom stereocenters. The van der Waals surface area contributed by atoms with E-state index in [4.69, 9.17) is 14.9 Å². The van der Waals surface area contributed by atoms with Crippen LogP contribution >= 0.6 is 0 Å². The summed E-state index contributed by atoms with van der Waals surface area (Å²) >= 11 is 0. The number of rotatable bonds is 6. The smallest absolute Gasteiger partial charge is 0.330 e. The second kappa shape index (κ2) is 9.65. The molecule has 11 heteroatoms. The van der Waals surface area contributed by atoms with Crippen molar-refractivity contribution in [2.24, 2.45) is 0 Å². The van der Waals surface area contributed by atoms with Crippen molar-refractivity contribution in [1.82, 2.24) is 14.9 Å². The van der Waals surface area contributed by atoms with Gasteiger partial charge in [-0.2, -0.15) is 0 Å². The van der Waals surface area contributed by atoms with E-state index in [0.717, 1.165) is 10.6 Å². The van der Waals surface area contributed by atoms with Gasteiger partial charge in [0.1, 0.15) is 17.9 Å². The van der Waals surface area contributed by atoms with E-state index in [0.29, 0.717) is 6.08 Å². The number of nitrogens with zero attached hydrogens (tertiary/aromatic N) is 1. The van der Waals surface area contributed by atoms with Gasteiger partial charge >= 0.3 is 11.7 Å². The number of carbonyl (C=O) groups is 2. The average molecular weight is 393 g/mol. The highest BCUT2D eigenvalue weighted by molar-refractivity contribution is 5.93. The third-order valence-electron chi connectivity index (χ3n) is 3.81. The number of H-pyrrole nitrogens is 1. The molecule has 11 nitrogen and oxygen atoms in total. The van der Waals surface area contributed by atoms with E-state index in [9.17, 15) is 24.3 Å². The molecule has 2 heterocycles. The molecule has 0 saturated carbocycles.